The highest BCUT2D eigenvalue weighted by Crippen LogP contribution is 2.18. The van der Waals surface area contributed by atoms with E-state index in [0.717, 1.165) is 5.69 Å². The molecule has 3 aromatic rings. The molecule has 2 N–H and O–H groups in total. The number of hydrogen-bond donors (Lipinski definition) is 2. The zero-order chi connectivity index (χ0) is 14.1. The number of carboxylic acid groups (broad SMARTS) is 1. The van der Waals surface area contributed by atoms with Gasteiger partial charge in [0, 0.05) is 18.0 Å². The average molecular weight is 268 g/mol. The number of aryl methyl sites for hydroxylation is 1. The van der Waals surface area contributed by atoms with Crippen LogP contribution in [-0.4, -0.2) is 25.7 Å². The molecule has 2 aromatic heterocycles. The van der Waals surface area contributed by atoms with E-state index in [1.807, 2.05) is 31.2 Å². The molecule has 0 saturated heterocycles. The molecule has 0 amide bonds. The van der Waals surface area contributed by atoms with Crippen LogP contribution in [0.25, 0.3) is 5.65 Å². The molecule has 0 spiro atoms. The van der Waals surface area contributed by atoms with Gasteiger partial charge in [0.2, 0.25) is 0 Å². The highest BCUT2D eigenvalue weighted by molar-refractivity contribution is 5.86. The van der Waals surface area contributed by atoms with Crippen molar-refractivity contribution in [1.29, 1.82) is 0 Å². The van der Waals surface area contributed by atoms with Crippen LogP contribution in [0.3, 0.4) is 0 Å². The fourth-order valence-electron chi connectivity index (χ4n) is 1.88. The van der Waals surface area contributed by atoms with E-state index in [0.29, 0.717) is 11.5 Å². The zero-order valence-electron chi connectivity index (χ0n) is 10.7. The van der Waals surface area contributed by atoms with Gasteiger partial charge in [-0.1, -0.05) is 17.7 Å². The second-order valence-electron chi connectivity index (χ2n) is 4.43. The molecule has 0 saturated carbocycles. The minimum Gasteiger partial charge on any atom is -0.476 e. The van der Waals surface area contributed by atoms with Crippen molar-refractivity contribution in [3.05, 3.63) is 53.9 Å². The lowest BCUT2D eigenvalue weighted by atomic mass is 10.2. The van der Waals surface area contributed by atoms with E-state index in [1.165, 1.54) is 16.1 Å². The van der Waals surface area contributed by atoms with Crippen LogP contribution < -0.4 is 5.32 Å². The summed E-state index contributed by atoms with van der Waals surface area (Å²) in [5, 5.41) is 16.2. The fourth-order valence-corrected chi connectivity index (χ4v) is 1.88. The number of carbonyl (C=O) groups is 1. The van der Waals surface area contributed by atoms with Crippen molar-refractivity contribution in [2.75, 3.05) is 5.32 Å². The number of fused-ring (bicyclic) bond motifs is 1. The zero-order valence-corrected chi connectivity index (χ0v) is 10.7. The lowest BCUT2D eigenvalue weighted by Gasteiger charge is -2.08. The van der Waals surface area contributed by atoms with Crippen molar-refractivity contribution in [3.63, 3.8) is 0 Å². The second kappa shape index (κ2) is 4.65. The molecule has 6 nitrogen and oxygen atoms in total. The Morgan fingerprint density at radius 1 is 1.25 bits per heavy atom. The Labute approximate surface area is 114 Å². The number of benzene rings is 1. The predicted octanol–water partition coefficient (Wildman–Crippen LogP) is 2.48. The predicted molar refractivity (Wildman–Crippen MR) is 74.4 cm³/mol. The summed E-state index contributed by atoms with van der Waals surface area (Å²) in [6.07, 6.45) is 1.61. The molecule has 0 aliphatic heterocycles. The molecule has 0 bridgehead atoms. The Kier molecular flexibility index (Phi) is 2.83. The summed E-state index contributed by atoms with van der Waals surface area (Å²) in [7, 11) is 0. The molecule has 6 heteroatoms. The number of carboxylic acids is 1. The van der Waals surface area contributed by atoms with E-state index < -0.39 is 5.97 Å². The highest BCUT2D eigenvalue weighted by atomic mass is 16.4. The smallest absolute Gasteiger partial charge is 0.356 e. The first-order valence-corrected chi connectivity index (χ1v) is 6.05. The van der Waals surface area contributed by atoms with Crippen molar-refractivity contribution in [2.45, 2.75) is 6.92 Å². The standard InChI is InChI=1S/C14H12N4O2/c1-9-2-4-10(5-3-9)16-12-6-7-15-13-8-11(14(19)20)17-18(12)13/h2-8,16H,1H3,(H,19,20). The Bertz CT molecular complexity index is 777. The van der Waals surface area contributed by atoms with Gasteiger partial charge in [0.15, 0.2) is 11.3 Å². The maximum absolute atomic E-state index is 11.0. The van der Waals surface area contributed by atoms with E-state index in [1.54, 1.807) is 12.3 Å². The summed E-state index contributed by atoms with van der Waals surface area (Å²) < 4.78 is 1.48. The van der Waals surface area contributed by atoms with Crippen LogP contribution in [0, 0.1) is 6.92 Å². The van der Waals surface area contributed by atoms with Crippen molar-refractivity contribution < 1.29 is 9.90 Å². The quantitative estimate of drug-likeness (QED) is 0.762. The Morgan fingerprint density at radius 3 is 2.70 bits per heavy atom. The normalized spacial score (nSPS) is 10.7. The average Bonchev–Trinajstić information content (AvgIpc) is 2.87. The Hall–Kier alpha value is -2.89. The number of hydrogen-bond acceptors (Lipinski definition) is 4. The topological polar surface area (TPSA) is 79.5 Å². The Balaban J connectivity index is 2.02. The molecule has 2 heterocycles. The molecule has 0 atom stereocenters. The number of nitrogens with one attached hydrogen (secondary N) is 1. The van der Waals surface area contributed by atoms with Crippen LogP contribution in [0.2, 0.25) is 0 Å². The lowest BCUT2D eigenvalue weighted by molar-refractivity contribution is 0.0690. The van der Waals surface area contributed by atoms with Gasteiger partial charge in [0.1, 0.15) is 5.82 Å². The minimum atomic E-state index is -1.07. The first-order chi connectivity index (χ1) is 9.63. The van der Waals surface area contributed by atoms with Gasteiger partial charge in [-0.15, -0.1) is 0 Å². The molecule has 3 rings (SSSR count). The molecule has 20 heavy (non-hydrogen) atoms. The van der Waals surface area contributed by atoms with Gasteiger partial charge in [0.05, 0.1) is 0 Å². The first kappa shape index (κ1) is 12.2. The molecular weight excluding hydrogens is 256 g/mol. The van der Waals surface area contributed by atoms with Crippen molar-refractivity contribution in [1.82, 2.24) is 14.6 Å². The number of rotatable bonds is 3. The van der Waals surface area contributed by atoms with Gasteiger partial charge in [-0.05, 0) is 25.1 Å². The van der Waals surface area contributed by atoms with E-state index in [2.05, 4.69) is 15.4 Å². The third-order valence-corrected chi connectivity index (χ3v) is 2.90. The first-order valence-electron chi connectivity index (χ1n) is 6.05. The lowest BCUT2D eigenvalue weighted by Crippen LogP contribution is -2.02. The highest BCUT2D eigenvalue weighted by Gasteiger charge is 2.11. The van der Waals surface area contributed by atoms with Crippen LogP contribution in [-0.2, 0) is 0 Å². The third-order valence-electron chi connectivity index (χ3n) is 2.90. The minimum absolute atomic E-state index is 0.0318. The summed E-state index contributed by atoms with van der Waals surface area (Å²) >= 11 is 0. The van der Waals surface area contributed by atoms with Crippen LogP contribution in [0.4, 0.5) is 11.5 Å². The maximum atomic E-state index is 11.0. The number of nitrogens with zero attached hydrogens (tertiary/aromatic N) is 3. The summed E-state index contributed by atoms with van der Waals surface area (Å²) in [4.78, 5) is 15.1. The van der Waals surface area contributed by atoms with Crippen LogP contribution in [0.5, 0.6) is 0 Å². The molecule has 100 valence electrons. The van der Waals surface area contributed by atoms with Crippen LogP contribution >= 0.6 is 0 Å². The largest absolute Gasteiger partial charge is 0.476 e. The SMILES string of the molecule is Cc1ccc(Nc2ccnc3cc(C(=O)O)nn23)cc1. The van der Waals surface area contributed by atoms with E-state index >= 15 is 0 Å². The third kappa shape index (κ3) is 2.18. The van der Waals surface area contributed by atoms with Crippen molar-refractivity contribution in [2.24, 2.45) is 0 Å². The van der Waals surface area contributed by atoms with Crippen molar-refractivity contribution in [3.8, 4) is 0 Å². The van der Waals surface area contributed by atoms with Gasteiger partial charge in [-0.2, -0.15) is 9.61 Å². The van der Waals surface area contributed by atoms with Crippen LogP contribution in [0.1, 0.15) is 16.1 Å². The molecule has 0 radical (unpaired) electrons. The molecule has 1 aromatic carbocycles. The number of anilines is 2. The van der Waals surface area contributed by atoms with Gasteiger partial charge in [-0.3, -0.25) is 0 Å². The molecule has 0 aliphatic rings. The summed E-state index contributed by atoms with van der Waals surface area (Å²) in [5.41, 5.74) is 2.52. The molecule has 0 fully saturated rings. The second-order valence-corrected chi connectivity index (χ2v) is 4.43. The number of aromatic carboxylic acids is 1. The monoisotopic (exact) mass is 268 g/mol. The summed E-state index contributed by atoms with van der Waals surface area (Å²) in [5.74, 6) is -0.414. The molecular formula is C14H12N4O2. The van der Waals surface area contributed by atoms with Gasteiger partial charge >= 0.3 is 5.97 Å². The molecule has 0 unspecified atom stereocenters. The summed E-state index contributed by atoms with van der Waals surface area (Å²) in [6.45, 7) is 2.01. The maximum Gasteiger partial charge on any atom is 0.356 e. The van der Waals surface area contributed by atoms with Gasteiger partial charge in [0.25, 0.3) is 0 Å². The summed E-state index contributed by atoms with van der Waals surface area (Å²) in [6, 6.07) is 11.1. The number of aromatic nitrogens is 3. The van der Waals surface area contributed by atoms with Crippen molar-refractivity contribution >= 4 is 23.1 Å². The molecule has 0 aliphatic carbocycles. The van der Waals surface area contributed by atoms with E-state index in [4.69, 9.17) is 5.11 Å². The fraction of sp³-hybridized carbons (Fsp3) is 0.0714. The van der Waals surface area contributed by atoms with E-state index in [9.17, 15) is 4.79 Å². The Morgan fingerprint density at radius 2 is 2.00 bits per heavy atom. The van der Waals surface area contributed by atoms with Gasteiger partial charge in [-0.25, -0.2) is 9.78 Å². The van der Waals surface area contributed by atoms with Gasteiger partial charge < -0.3 is 10.4 Å². The van der Waals surface area contributed by atoms with Crippen LogP contribution in [0.15, 0.2) is 42.6 Å². The van der Waals surface area contributed by atoms with E-state index in [-0.39, 0.29) is 5.69 Å².